The quantitative estimate of drug-likeness (QED) is 0.920. The van der Waals surface area contributed by atoms with Gasteiger partial charge < -0.3 is 5.32 Å². The molecule has 3 rings (SSSR count). The first-order valence-corrected chi connectivity index (χ1v) is 7.92. The lowest BCUT2D eigenvalue weighted by Gasteiger charge is -2.23. The number of thioether (sulfide) groups is 1. The minimum absolute atomic E-state index is 0.437. The van der Waals surface area contributed by atoms with Gasteiger partial charge in [0.2, 0.25) is 0 Å². The van der Waals surface area contributed by atoms with E-state index >= 15 is 0 Å². The number of aromatic nitrogens is 1. The van der Waals surface area contributed by atoms with Crippen LogP contribution in [0.2, 0.25) is 0 Å². The van der Waals surface area contributed by atoms with Gasteiger partial charge in [-0.3, -0.25) is 4.98 Å². The predicted molar refractivity (Wildman–Crippen MR) is 83.5 cm³/mol. The fourth-order valence-corrected chi connectivity index (χ4v) is 4.06. The summed E-state index contributed by atoms with van der Waals surface area (Å²) >= 11 is 2.11. The van der Waals surface area contributed by atoms with Crippen LogP contribution in [0.1, 0.15) is 25.3 Å². The van der Waals surface area contributed by atoms with Gasteiger partial charge in [0.1, 0.15) is 0 Å². The average Bonchev–Trinajstić information content (AvgIpc) is 2.86. The molecule has 1 saturated heterocycles. The molecule has 0 amide bonds. The average molecular weight is 272 g/mol. The number of fused-ring (bicyclic) bond motifs is 1. The van der Waals surface area contributed by atoms with Crippen LogP contribution in [0.3, 0.4) is 0 Å². The van der Waals surface area contributed by atoms with Gasteiger partial charge in [0.15, 0.2) is 0 Å². The van der Waals surface area contributed by atoms with Crippen molar-refractivity contribution < 1.29 is 0 Å². The highest BCUT2D eigenvalue weighted by molar-refractivity contribution is 8.00. The molecule has 3 heteroatoms. The molecule has 19 heavy (non-hydrogen) atoms. The van der Waals surface area contributed by atoms with E-state index in [0.717, 1.165) is 13.1 Å². The second kappa shape index (κ2) is 5.51. The summed E-state index contributed by atoms with van der Waals surface area (Å²) in [4.78, 5) is 4.18. The zero-order valence-electron chi connectivity index (χ0n) is 11.4. The molecule has 2 heterocycles. The maximum Gasteiger partial charge on any atom is 0.0346 e. The monoisotopic (exact) mass is 272 g/mol. The third-order valence-corrected chi connectivity index (χ3v) is 5.42. The van der Waals surface area contributed by atoms with Crippen molar-refractivity contribution in [1.29, 1.82) is 0 Å². The Kier molecular flexibility index (Phi) is 3.76. The molecule has 1 N–H and O–H groups in total. The van der Waals surface area contributed by atoms with E-state index < -0.39 is 0 Å². The molecule has 0 bridgehead atoms. The Morgan fingerprint density at radius 2 is 2.32 bits per heavy atom. The third-order valence-electron chi connectivity index (χ3n) is 3.89. The summed E-state index contributed by atoms with van der Waals surface area (Å²) in [7, 11) is 0. The molecular weight excluding hydrogens is 252 g/mol. The summed E-state index contributed by atoms with van der Waals surface area (Å²) in [5, 5.41) is 6.17. The highest BCUT2D eigenvalue weighted by Crippen LogP contribution is 2.37. The van der Waals surface area contributed by atoms with Gasteiger partial charge in [-0.15, -0.1) is 0 Å². The molecule has 0 aliphatic carbocycles. The van der Waals surface area contributed by atoms with E-state index in [2.05, 4.69) is 53.3 Å². The molecule has 1 aromatic carbocycles. The Balaban J connectivity index is 1.68. The Bertz CT molecular complexity index is 556. The van der Waals surface area contributed by atoms with Crippen LogP contribution in [-0.2, 0) is 6.54 Å². The van der Waals surface area contributed by atoms with Gasteiger partial charge in [-0.1, -0.05) is 18.2 Å². The van der Waals surface area contributed by atoms with E-state index in [9.17, 15) is 0 Å². The highest BCUT2D eigenvalue weighted by Gasteiger charge is 2.28. The Morgan fingerprint density at radius 3 is 3.16 bits per heavy atom. The standard InChI is InChI=1S/C16H20N2S/c1-16(7-3-9-19-16)12-18-11-14-5-2-4-13-10-17-8-6-15(13)14/h2,4-6,8,10,18H,3,7,9,11-12H2,1H3. The zero-order valence-corrected chi connectivity index (χ0v) is 12.2. The first kappa shape index (κ1) is 12.9. The fourth-order valence-electron chi connectivity index (χ4n) is 2.78. The van der Waals surface area contributed by atoms with Crippen LogP contribution in [0.5, 0.6) is 0 Å². The number of benzene rings is 1. The molecule has 2 aromatic rings. The zero-order chi connectivity index (χ0) is 13.1. The number of nitrogens with zero attached hydrogens (tertiary/aromatic N) is 1. The van der Waals surface area contributed by atoms with Crippen molar-refractivity contribution in [3.63, 3.8) is 0 Å². The van der Waals surface area contributed by atoms with E-state index in [-0.39, 0.29) is 0 Å². The summed E-state index contributed by atoms with van der Waals surface area (Å²) in [6.07, 6.45) is 6.51. The van der Waals surface area contributed by atoms with Crippen molar-refractivity contribution in [2.45, 2.75) is 31.1 Å². The summed E-state index contributed by atoms with van der Waals surface area (Å²) in [5.74, 6) is 1.32. The molecule has 100 valence electrons. The first-order chi connectivity index (χ1) is 9.27. The number of pyridine rings is 1. The smallest absolute Gasteiger partial charge is 0.0346 e. The Labute approximate surface area is 119 Å². The number of hydrogen-bond donors (Lipinski definition) is 1. The van der Waals surface area contributed by atoms with Crippen molar-refractivity contribution >= 4 is 22.5 Å². The summed E-state index contributed by atoms with van der Waals surface area (Å²) in [5.41, 5.74) is 1.37. The van der Waals surface area contributed by atoms with Crippen molar-refractivity contribution in [3.8, 4) is 0 Å². The van der Waals surface area contributed by atoms with Gasteiger partial charge in [-0.05, 0) is 42.5 Å². The van der Waals surface area contributed by atoms with Gasteiger partial charge in [0.25, 0.3) is 0 Å². The minimum Gasteiger partial charge on any atom is -0.311 e. The van der Waals surface area contributed by atoms with E-state index in [4.69, 9.17) is 0 Å². The maximum absolute atomic E-state index is 4.18. The molecule has 2 nitrogen and oxygen atoms in total. The number of hydrogen-bond acceptors (Lipinski definition) is 3. The van der Waals surface area contributed by atoms with E-state index in [1.807, 2.05) is 12.4 Å². The maximum atomic E-state index is 4.18. The van der Waals surface area contributed by atoms with Crippen molar-refractivity contribution in [2.24, 2.45) is 0 Å². The lowest BCUT2D eigenvalue weighted by atomic mass is 10.0. The van der Waals surface area contributed by atoms with Crippen LogP contribution in [0.25, 0.3) is 10.8 Å². The second-order valence-corrected chi connectivity index (χ2v) is 7.20. The normalized spacial score (nSPS) is 23.0. The molecule has 1 atom stereocenters. The molecular formula is C16H20N2S. The van der Waals surface area contributed by atoms with Gasteiger partial charge in [-0.25, -0.2) is 0 Å². The van der Waals surface area contributed by atoms with Crippen LogP contribution in [0.4, 0.5) is 0 Å². The van der Waals surface area contributed by atoms with E-state index in [0.29, 0.717) is 4.75 Å². The van der Waals surface area contributed by atoms with Gasteiger partial charge >= 0.3 is 0 Å². The fraction of sp³-hybridized carbons (Fsp3) is 0.438. The number of nitrogens with one attached hydrogen (secondary N) is 1. The molecule has 1 fully saturated rings. The molecule has 1 aromatic heterocycles. The van der Waals surface area contributed by atoms with Gasteiger partial charge in [0.05, 0.1) is 0 Å². The lowest BCUT2D eigenvalue weighted by molar-refractivity contribution is 0.538. The second-order valence-electron chi connectivity index (χ2n) is 5.52. The van der Waals surface area contributed by atoms with Crippen molar-refractivity contribution in [2.75, 3.05) is 12.3 Å². The van der Waals surface area contributed by atoms with E-state index in [1.54, 1.807) is 0 Å². The predicted octanol–water partition coefficient (Wildman–Crippen LogP) is 3.61. The molecule has 0 radical (unpaired) electrons. The lowest BCUT2D eigenvalue weighted by Crippen LogP contribution is -2.32. The largest absolute Gasteiger partial charge is 0.311 e. The first-order valence-electron chi connectivity index (χ1n) is 6.93. The molecule has 1 unspecified atom stereocenters. The highest BCUT2D eigenvalue weighted by atomic mass is 32.2. The number of rotatable bonds is 4. The Morgan fingerprint density at radius 1 is 1.37 bits per heavy atom. The summed E-state index contributed by atoms with van der Waals surface area (Å²) < 4.78 is 0.437. The third kappa shape index (κ3) is 2.93. The minimum atomic E-state index is 0.437. The van der Waals surface area contributed by atoms with Crippen LogP contribution in [0, 0.1) is 0 Å². The van der Waals surface area contributed by atoms with Gasteiger partial charge in [-0.2, -0.15) is 11.8 Å². The molecule has 0 spiro atoms. The van der Waals surface area contributed by atoms with Crippen LogP contribution >= 0.6 is 11.8 Å². The van der Waals surface area contributed by atoms with Gasteiger partial charge in [0, 0.05) is 35.6 Å². The summed E-state index contributed by atoms with van der Waals surface area (Å²) in [6, 6.07) is 8.56. The van der Waals surface area contributed by atoms with Crippen LogP contribution in [-0.4, -0.2) is 22.0 Å². The molecule has 1 aliphatic rings. The topological polar surface area (TPSA) is 24.9 Å². The van der Waals surface area contributed by atoms with Crippen LogP contribution in [0.15, 0.2) is 36.7 Å². The van der Waals surface area contributed by atoms with E-state index in [1.165, 1.54) is 34.9 Å². The molecule has 1 aliphatic heterocycles. The molecule has 0 saturated carbocycles. The van der Waals surface area contributed by atoms with Crippen molar-refractivity contribution in [1.82, 2.24) is 10.3 Å². The summed E-state index contributed by atoms with van der Waals surface area (Å²) in [6.45, 7) is 4.42. The van der Waals surface area contributed by atoms with Crippen LogP contribution < -0.4 is 5.32 Å². The SMILES string of the molecule is CC1(CNCc2cccc3cnccc23)CCCS1. The Hall–Kier alpha value is -1.06. The van der Waals surface area contributed by atoms with Crippen molar-refractivity contribution in [3.05, 3.63) is 42.2 Å².